The quantitative estimate of drug-likeness (QED) is 0.157. The Morgan fingerprint density at radius 3 is 2.36 bits per heavy atom. The molecule has 1 aromatic rings. The number of Topliss-reactive ketones (excluding diaryl/α,β-unsaturated/α-hetero) is 1. The number of piperidine rings is 1. The van der Waals surface area contributed by atoms with E-state index in [1.807, 2.05) is 41.5 Å². The molecule has 278 valence electrons. The Hall–Kier alpha value is -3.68. The van der Waals surface area contributed by atoms with Crippen molar-refractivity contribution >= 4 is 39.4 Å². The number of sulfone groups is 1. The molecule has 1 aliphatic heterocycles. The van der Waals surface area contributed by atoms with Gasteiger partial charge in [0.1, 0.15) is 23.6 Å². The summed E-state index contributed by atoms with van der Waals surface area (Å²) in [5.74, 6) is -2.89. The van der Waals surface area contributed by atoms with Crippen LogP contribution in [-0.2, 0) is 34.8 Å². The van der Waals surface area contributed by atoms with Gasteiger partial charge in [-0.15, -0.1) is 6.58 Å². The van der Waals surface area contributed by atoms with Gasteiger partial charge < -0.3 is 30.6 Å². The third kappa shape index (κ3) is 8.96. The molecule has 4 N–H and O–H groups in total. The van der Waals surface area contributed by atoms with Gasteiger partial charge in [-0.25, -0.2) is 13.2 Å². The van der Waals surface area contributed by atoms with E-state index >= 15 is 0 Å². The number of fused-ring (bicyclic) bond motifs is 1. The highest BCUT2D eigenvalue weighted by Gasteiger charge is 2.70. The molecule has 0 bridgehead atoms. The summed E-state index contributed by atoms with van der Waals surface area (Å²) in [6, 6.07) is -0.451. The highest BCUT2D eigenvalue weighted by atomic mass is 32.2. The van der Waals surface area contributed by atoms with Crippen molar-refractivity contribution in [3.8, 4) is 0 Å². The molecule has 1 aromatic heterocycles. The van der Waals surface area contributed by atoms with E-state index in [-0.39, 0.29) is 41.7 Å². The van der Waals surface area contributed by atoms with Crippen LogP contribution in [0.3, 0.4) is 0 Å². The number of urea groups is 1. The Balaban J connectivity index is 1.53. The zero-order chi connectivity index (χ0) is 37.1. The Labute approximate surface area is 296 Å². The lowest BCUT2D eigenvalue weighted by molar-refractivity contribution is -0.145. The van der Waals surface area contributed by atoms with E-state index < -0.39 is 68.5 Å². The summed E-state index contributed by atoms with van der Waals surface area (Å²) in [6.07, 6.45) is 7.02. The summed E-state index contributed by atoms with van der Waals surface area (Å²) in [4.78, 5) is 69.1. The maximum absolute atomic E-state index is 14.4. The van der Waals surface area contributed by atoms with Crippen LogP contribution in [-0.4, -0.2) is 85.4 Å². The molecule has 0 spiro atoms. The Bertz CT molecular complexity index is 1540. The Morgan fingerprint density at radius 1 is 1.10 bits per heavy atom. The van der Waals surface area contributed by atoms with Crippen LogP contribution in [0.4, 0.5) is 4.79 Å². The molecule has 0 radical (unpaired) electrons. The predicted octanol–water partition coefficient (Wildman–Crippen LogP) is 3.25. The lowest BCUT2D eigenvalue weighted by Crippen LogP contribution is -2.64. The molecular weight excluding hydrogens is 662 g/mol. The van der Waals surface area contributed by atoms with E-state index in [2.05, 4.69) is 27.8 Å². The van der Waals surface area contributed by atoms with Crippen LogP contribution in [0.1, 0.15) is 92.2 Å². The van der Waals surface area contributed by atoms with Crippen molar-refractivity contribution in [2.75, 3.05) is 18.8 Å². The molecule has 2 saturated carbocycles. The maximum atomic E-state index is 14.4. The summed E-state index contributed by atoms with van der Waals surface area (Å²) in [7, 11) is -3.66. The minimum absolute atomic E-state index is 0.0396. The molecule has 50 heavy (non-hydrogen) atoms. The fourth-order valence-electron chi connectivity index (χ4n) is 7.88. The van der Waals surface area contributed by atoms with Gasteiger partial charge in [-0.05, 0) is 54.1 Å². The van der Waals surface area contributed by atoms with E-state index in [1.54, 1.807) is 12.1 Å². The van der Waals surface area contributed by atoms with Crippen LogP contribution in [0, 0.1) is 22.7 Å². The first-order valence-corrected chi connectivity index (χ1v) is 19.5. The second-order valence-electron chi connectivity index (χ2n) is 16.0. The largest absolute Gasteiger partial charge is 0.468 e. The number of rotatable bonds is 15. The number of likely N-dealkylation sites (tertiary alicyclic amines) is 1. The molecule has 2 unspecified atom stereocenters. The van der Waals surface area contributed by atoms with E-state index in [0.29, 0.717) is 31.6 Å². The van der Waals surface area contributed by atoms with Crippen LogP contribution in [0.2, 0.25) is 0 Å². The molecule has 0 aromatic carbocycles. The van der Waals surface area contributed by atoms with E-state index in [1.165, 1.54) is 17.2 Å². The fraction of sp³-hybridized carbons (Fsp3) is 0.694. The van der Waals surface area contributed by atoms with Gasteiger partial charge in [0.05, 0.1) is 23.6 Å². The van der Waals surface area contributed by atoms with E-state index in [9.17, 15) is 32.4 Å². The number of nitrogens with one attached hydrogen (secondary N) is 4. The molecule has 2 aliphatic carbocycles. The van der Waals surface area contributed by atoms with Crippen molar-refractivity contribution in [1.29, 1.82) is 0 Å². The highest BCUT2D eigenvalue weighted by Crippen LogP contribution is 2.65. The minimum Gasteiger partial charge on any atom is -0.468 e. The molecule has 4 rings (SSSR count). The first-order valence-electron chi connectivity index (χ1n) is 17.7. The van der Waals surface area contributed by atoms with E-state index in [4.69, 9.17) is 4.42 Å². The maximum Gasteiger partial charge on any atom is 0.315 e. The first-order chi connectivity index (χ1) is 23.4. The molecule has 3 aliphatic rings. The number of furan rings is 1. The zero-order valence-corrected chi connectivity index (χ0v) is 31.1. The highest BCUT2D eigenvalue weighted by molar-refractivity contribution is 7.90. The van der Waals surface area contributed by atoms with Crippen molar-refractivity contribution in [2.45, 2.75) is 116 Å². The smallest absolute Gasteiger partial charge is 0.315 e. The second kappa shape index (κ2) is 15.3. The SMILES string of the molecule is C=CCNC(=O)C(=O)C(CCC)NC(=O)[C@@H]1C2[C@H](CN1C(=O)[C@@H](NC(=O)NC1(CS(=O)(=O)Cc3ccco3)CCCCC1)C(C)(C)C)C2(C)C. The predicted molar refractivity (Wildman–Crippen MR) is 188 cm³/mol. The molecule has 2 heterocycles. The lowest BCUT2D eigenvalue weighted by atomic mass is 9.83. The molecule has 5 atom stereocenters. The molecule has 3 fully saturated rings. The van der Waals surface area contributed by atoms with Crippen molar-refractivity contribution in [3.05, 3.63) is 36.8 Å². The van der Waals surface area contributed by atoms with Gasteiger partial charge >= 0.3 is 6.03 Å². The monoisotopic (exact) mass is 717 g/mol. The summed E-state index contributed by atoms with van der Waals surface area (Å²) < 4.78 is 31.8. The van der Waals surface area contributed by atoms with Gasteiger partial charge in [0.15, 0.2) is 9.84 Å². The summed E-state index contributed by atoms with van der Waals surface area (Å²) in [5.41, 5.74) is -2.02. The third-order valence-electron chi connectivity index (χ3n) is 10.6. The number of hydrogen-bond acceptors (Lipinski definition) is 8. The van der Waals surface area contributed by atoms with E-state index in [0.717, 1.165) is 19.3 Å². The number of ketones is 1. The number of carbonyl (C=O) groups is 5. The van der Waals surface area contributed by atoms with Crippen LogP contribution in [0.5, 0.6) is 0 Å². The van der Waals surface area contributed by atoms with Gasteiger partial charge in [-0.1, -0.05) is 73.3 Å². The standard InChI is InChI=1S/C36H55N5O8S/c1-8-14-25(28(42)31(44)37-18-9-2)38-30(43)27-26-24(35(26,6)7)20-41(27)32(45)29(34(3,4)5)39-33(46)40-36(16-11-10-12-17-36)22-50(47,48)21-23-15-13-19-49-23/h9,13,15,19,24-27,29H,2,8,10-12,14,16-18,20-22H2,1,3-7H3,(H,37,44)(H,38,43)(H2,39,40,46)/t24-,25?,26?,27-,29+/m0/s1. The summed E-state index contributed by atoms with van der Waals surface area (Å²) >= 11 is 0. The third-order valence-corrected chi connectivity index (χ3v) is 12.3. The zero-order valence-electron chi connectivity index (χ0n) is 30.3. The Morgan fingerprint density at radius 2 is 1.78 bits per heavy atom. The van der Waals surface area contributed by atoms with Crippen LogP contribution < -0.4 is 21.3 Å². The van der Waals surface area contributed by atoms with Gasteiger partial charge in [0.2, 0.25) is 17.6 Å². The number of hydrogen-bond donors (Lipinski definition) is 4. The van der Waals surface area contributed by atoms with Crippen LogP contribution >= 0.6 is 0 Å². The lowest BCUT2D eigenvalue weighted by Gasteiger charge is -2.40. The van der Waals surface area contributed by atoms with Crippen molar-refractivity contribution in [1.82, 2.24) is 26.2 Å². The van der Waals surface area contributed by atoms with Gasteiger partial charge in [-0.2, -0.15) is 0 Å². The van der Waals surface area contributed by atoms with Gasteiger partial charge in [0, 0.05) is 13.1 Å². The Kier molecular flexibility index (Phi) is 12.0. The summed E-state index contributed by atoms with van der Waals surface area (Å²) in [5, 5.41) is 11.1. The number of amides is 5. The average molecular weight is 718 g/mol. The van der Waals surface area contributed by atoms with Crippen LogP contribution in [0.25, 0.3) is 0 Å². The fourth-order valence-corrected chi connectivity index (χ4v) is 9.78. The molecule has 14 heteroatoms. The topological polar surface area (TPSA) is 184 Å². The van der Waals surface area contributed by atoms with Crippen molar-refractivity contribution in [3.63, 3.8) is 0 Å². The van der Waals surface area contributed by atoms with Crippen molar-refractivity contribution in [2.24, 2.45) is 22.7 Å². The van der Waals surface area contributed by atoms with Gasteiger partial charge in [-0.3, -0.25) is 19.2 Å². The number of carbonyl (C=O) groups excluding carboxylic acids is 5. The van der Waals surface area contributed by atoms with Crippen molar-refractivity contribution < 1.29 is 36.8 Å². The summed E-state index contributed by atoms with van der Waals surface area (Å²) in [6.45, 7) is 15.3. The van der Waals surface area contributed by atoms with Gasteiger partial charge in [0.25, 0.3) is 5.91 Å². The normalized spacial score (nSPS) is 23.5. The minimum atomic E-state index is -3.66. The molecule has 5 amide bonds. The molecule has 1 saturated heterocycles. The second-order valence-corrected chi connectivity index (χ2v) is 18.0. The molecule has 13 nitrogen and oxygen atoms in total. The molecular formula is C36H55N5O8S. The number of nitrogens with zero attached hydrogens (tertiary/aromatic N) is 1. The van der Waals surface area contributed by atoms with Crippen LogP contribution in [0.15, 0.2) is 35.5 Å². The average Bonchev–Trinajstić information content (AvgIpc) is 3.44. The first kappa shape index (κ1) is 39.1.